The largest absolute Gasteiger partial charge is 0.368 e. The first kappa shape index (κ1) is 17.9. The summed E-state index contributed by atoms with van der Waals surface area (Å²) in [7, 11) is 0. The van der Waals surface area contributed by atoms with Crippen LogP contribution in [-0.4, -0.2) is 17.5 Å². The molecule has 0 amide bonds. The number of aliphatic hydroxyl groups is 1. The number of unbranched alkanes of at least 4 members (excludes halogenated alkanes) is 9. The highest BCUT2D eigenvalue weighted by atomic mass is 16.6. The molecule has 0 aliphatic rings. The summed E-state index contributed by atoms with van der Waals surface area (Å²) in [5, 5.41) is 9.52. The maximum absolute atomic E-state index is 9.52. The number of hydrogen-bond acceptors (Lipinski definition) is 2. The quantitative estimate of drug-likeness (QED) is 0.370. The van der Waals surface area contributed by atoms with Gasteiger partial charge in [-0.25, -0.2) is 0 Å². The molecule has 0 rings (SSSR count). The van der Waals surface area contributed by atoms with Gasteiger partial charge < -0.3 is 9.84 Å². The lowest BCUT2D eigenvalue weighted by Gasteiger charge is -2.14. The normalized spacial score (nSPS) is 13.2. The summed E-state index contributed by atoms with van der Waals surface area (Å²) in [4.78, 5) is 0. The molecule has 18 heavy (non-hydrogen) atoms. The summed E-state index contributed by atoms with van der Waals surface area (Å²) in [5.41, 5.74) is 0. The average molecular weight is 258 g/mol. The molecule has 2 heteroatoms. The summed E-state index contributed by atoms with van der Waals surface area (Å²) in [6.07, 6.45) is 13.7. The van der Waals surface area contributed by atoms with Gasteiger partial charge in [0.1, 0.15) is 0 Å². The molecule has 1 unspecified atom stereocenters. The minimum absolute atomic E-state index is 0.128. The zero-order valence-electron chi connectivity index (χ0n) is 12.8. The molecular formula is C16H34O2. The van der Waals surface area contributed by atoms with Crippen LogP contribution >= 0.6 is 0 Å². The number of aliphatic hydroxyl groups excluding tert-OH is 1. The fourth-order valence-electron chi connectivity index (χ4n) is 2.19. The zero-order valence-corrected chi connectivity index (χ0v) is 12.8. The second-order valence-electron chi connectivity index (χ2n) is 5.61. The Bertz CT molecular complexity index is 157. The van der Waals surface area contributed by atoms with Gasteiger partial charge in [0.2, 0.25) is 0 Å². The van der Waals surface area contributed by atoms with Gasteiger partial charge in [0.25, 0.3) is 0 Å². The van der Waals surface area contributed by atoms with Crippen molar-refractivity contribution in [3.8, 4) is 0 Å². The van der Waals surface area contributed by atoms with Gasteiger partial charge in [-0.05, 0) is 26.7 Å². The highest BCUT2D eigenvalue weighted by Crippen LogP contribution is 2.12. The molecule has 0 aromatic heterocycles. The maximum atomic E-state index is 9.52. The molecule has 0 aromatic rings. The summed E-state index contributed by atoms with van der Waals surface area (Å²) in [6, 6.07) is 0. The van der Waals surface area contributed by atoms with Crippen LogP contribution in [0.25, 0.3) is 0 Å². The van der Waals surface area contributed by atoms with Crippen LogP contribution in [0.1, 0.15) is 91.4 Å². The van der Waals surface area contributed by atoms with Crippen molar-refractivity contribution < 1.29 is 9.84 Å². The third kappa shape index (κ3) is 14.0. The molecule has 1 N–H and O–H groups in total. The Morgan fingerprint density at radius 2 is 1.22 bits per heavy atom. The SMILES string of the molecule is CCCCCCCCCCCCC(O)OC(C)C. The molecule has 110 valence electrons. The number of hydrogen-bond donors (Lipinski definition) is 1. The highest BCUT2D eigenvalue weighted by Gasteiger charge is 2.05. The van der Waals surface area contributed by atoms with E-state index in [1.54, 1.807) is 0 Å². The van der Waals surface area contributed by atoms with Gasteiger partial charge in [-0.15, -0.1) is 0 Å². The van der Waals surface area contributed by atoms with Crippen LogP contribution < -0.4 is 0 Å². The van der Waals surface area contributed by atoms with E-state index in [0.717, 1.165) is 12.8 Å². The van der Waals surface area contributed by atoms with Gasteiger partial charge in [-0.3, -0.25) is 0 Å². The monoisotopic (exact) mass is 258 g/mol. The Morgan fingerprint density at radius 3 is 1.67 bits per heavy atom. The highest BCUT2D eigenvalue weighted by molar-refractivity contribution is 4.50. The first-order valence-electron chi connectivity index (χ1n) is 8.00. The first-order valence-corrected chi connectivity index (χ1v) is 8.00. The Labute approximate surface area is 114 Å². The molecule has 0 aliphatic carbocycles. The lowest BCUT2D eigenvalue weighted by molar-refractivity contribution is -0.129. The van der Waals surface area contributed by atoms with E-state index in [1.807, 2.05) is 13.8 Å². The summed E-state index contributed by atoms with van der Waals surface area (Å²) < 4.78 is 5.29. The number of rotatable bonds is 13. The van der Waals surface area contributed by atoms with Crippen LogP contribution in [0.5, 0.6) is 0 Å². The van der Waals surface area contributed by atoms with E-state index < -0.39 is 6.29 Å². The first-order chi connectivity index (χ1) is 8.66. The third-order valence-electron chi connectivity index (χ3n) is 3.23. The Balaban J connectivity index is 3.07. The second-order valence-corrected chi connectivity index (χ2v) is 5.61. The fourth-order valence-corrected chi connectivity index (χ4v) is 2.19. The maximum Gasteiger partial charge on any atom is 0.154 e. The van der Waals surface area contributed by atoms with E-state index >= 15 is 0 Å². The van der Waals surface area contributed by atoms with Gasteiger partial charge in [-0.1, -0.05) is 64.7 Å². The molecule has 0 fully saturated rings. The molecule has 0 saturated heterocycles. The van der Waals surface area contributed by atoms with Gasteiger partial charge in [0, 0.05) is 0 Å². The van der Waals surface area contributed by atoms with Crippen molar-refractivity contribution in [2.24, 2.45) is 0 Å². The third-order valence-corrected chi connectivity index (χ3v) is 3.23. The minimum atomic E-state index is -0.556. The molecule has 0 spiro atoms. The molecular weight excluding hydrogens is 224 g/mol. The lowest BCUT2D eigenvalue weighted by Crippen LogP contribution is -2.16. The van der Waals surface area contributed by atoms with Crippen molar-refractivity contribution in [2.45, 2.75) is 104 Å². The van der Waals surface area contributed by atoms with E-state index in [1.165, 1.54) is 57.8 Å². The fraction of sp³-hybridized carbons (Fsp3) is 1.00. The summed E-state index contributed by atoms with van der Waals surface area (Å²) >= 11 is 0. The molecule has 0 radical (unpaired) electrons. The Kier molecular flexibility index (Phi) is 13.3. The van der Waals surface area contributed by atoms with Crippen LogP contribution in [0.15, 0.2) is 0 Å². The van der Waals surface area contributed by atoms with Crippen molar-refractivity contribution in [3.63, 3.8) is 0 Å². The van der Waals surface area contributed by atoms with Crippen LogP contribution in [0.4, 0.5) is 0 Å². The van der Waals surface area contributed by atoms with Crippen molar-refractivity contribution in [1.29, 1.82) is 0 Å². The van der Waals surface area contributed by atoms with Crippen LogP contribution in [-0.2, 0) is 4.74 Å². The molecule has 0 aromatic carbocycles. The lowest BCUT2D eigenvalue weighted by atomic mass is 10.1. The molecule has 1 atom stereocenters. The molecule has 0 bridgehead atoms. The average Bonchev–Trinajstić information content (AvgIpc) is 2.30. The topological polar surface area (TPSA) is 29.5 Å². The van der Waals surface area contributed by atoms with E-state index in [0.29, 0.717) is 0 Å². The summed E-state index contributed by atoms with van der Waals surface area (Å²) in [6.45, 7) is 6.18. The molecule has 2 nitrogen and oxygen atoms in total. The van der Waals surface area contributed by atoms with Gasteiger partial charge >= 0.3 is 0 Å². The van der Waals surface area contributed by atoms with Crippen LogP contribution in [0, 0.1) is 0 Å². The molecule has 0 saturated carbocycles. The van der Waals surface area contributed by atoms with E-state index in [4.69, 9.17) is 4.74 Å². The summed E-state index contributed by atoms with van der Waals surface area (Å²) in [5.74, 6) is 0. The van der Waals surface area contributed by atoms with E-state index in [9.17, 15) is 5.11 Å². The molecule has 0 heterocycles. The standard InChI is InChI=1S/C16H34O2/c1-4-5-6-7-8-9-10-11-12-13-14-16(17)18-15(2)3/h15-17H,4-14H2,1-3H3. The minimum Gasteiger partial charge on any atom is -0.368 e. The second kappa shape index (κ2) is 13.4. The zero-order chi connectivity index (χ0) is 13.6. The Hall–Kier alpha value is -0.0800. The van der Waals surface area contributed by atoms with Crippen molar-refractivity contribution in [1.82, 2.24) is 0 Å². The predicted octanol–water partition coefficient (Wildman–Crippen LogP) is 5.04. The molecule has 0 aliphatic heterocycles. The van der Waals surface area contributed by atoms with E-state index in [-0.39, 0.29) is 6.10 Å². The predicted molar refractivity (Wildman–Crippen MR) is 78.7 cm³/mol. The van der Waals surface area contributed by atoms with Crippen LogP contribution in [0.2, 0.25) is 0 Å². The number of ether oxygens (including phenoxy) is 1. The van der Waals surface area contributed by atoms with E-state index in [2.05, 4.69) is 6.92 Å². The Morgan fingerprint density at radius 1 is 0.778 bits per heavy atom. The van der Waals surface area contributed by atoms with Gasteiger partial charge in [-0.2, -0.15) is 0 Å². The smallest absolute Gasteiger partial charge is 0.154 e. The van der Waals surface area contributed by atoms with Crippen molar-refractivity contribution >= 4 is 0 Å². The van der Waals surface area contributed by atoms with Crippen LogP contribution in [0.3, 0.4) is 0 Å². The van der Waals surface area contributed by atoms with Gasteiger partial charge in [0.05, 0.1) is 6.10 Å². The van der Waals surface area contributed by atoms with Crippen molar-refractivity contribution in [2.75, 3.05) is 0 Å². The van der Waals surface area contributed by atoms with Crippen molar-refractivity contribution in [3.05, 3.63) is 0 Å². The van der Waals surface area contributed by atoms with Gasteiger partial charge in [0.15, 0.2) is 6.29 Å².